The van der Waals surface area contributed by atoms with Gasteiger partial charge in [0, 0.05) is 27.5 Å². The monoisotopic (exact) mass is 342 g/mol. The van der Waals surface area contributed by atoms with Crippen molar-refractivity contribution in [3.8, 4) is 0 Å². The maximum absolute atomic E-state index is 13.1. The highest BCUT2D eigenvalue weighted by atomic mass is 79.9. The Bertz CT molecular complexity index is 647. The van der Waals surface area contributed by atoms with E-state index in [4.69, 9.17) is 18.0 Å². The third-order valence-electron chi connectivity index (χ3n) is 2.46. The van der Waals surface area contributed by atoms with Crippen molar-refractivity contribution in [2.45, 2.75) is 0 Å². The van der Waals surface area contributed by atoms with E-state index in [1.54, 1.807) is 18.2 Å². The van der Waals surface area contributed by atoms with Gasteiger partial charge in [-0.05, 0) is 40.2 Å². The number of benzene rings is 2. The molecule has 0 heterocycles. The van der Waals surface area contributed by atoms with E-state index in [-0.39, 0.29) is 4.99 Å². The molecule has 19 heavy (non-hydrogen) atoms. The van der Waals surface area contributed by atoms with Crippen molar-refractivity contribution in [3.05, 3.63) is 58.1 Å². The lowest BCUT2D eigenvalue weighted by Gasteiger charge is -2.13. The third-order valence-corrected chi connectivity index (χ3v) is 3.32. The summed E-state index contributed by atoms with van der Waals surface area (Å²) in [4.78, 5) is 0.206. The molecule has 6 heteroatoms. The van der Waals surface area contributed by atoms with Crippen LogP contribution in [0.15, 0.2) is 40.9 Å². The second kappa shape index (κ2) is 5.63. The minimum Gasteiger partial charge on any atom is -0.389 e. The molecule has 0 saturated carbocycles. The first kappa shape index (κ1) is 13.9. The summed E-state index contributed by atoms with van der Waals surface area (Å²) in [5.74, 6) is -1.81. The highest BCUT2D eigenvalue weighted by Gasteiger charge is 2.10. The number of hydrogen-bond donors (Lipinski definition) is 2. The maximum Gasteiger partial charge on any atom is 0.160 e. The molecule has 2 aromatic carbocycles. The van der Waals surface area contributed by atoms with Crippen molar-refractivity contribution < 1.29 is 8.78 Å². The quantitative estimate of drug-likeness (QED) is 0.824. The Morgan fingerprint density at radius 1 is 1.16 bits per heavy atom. The van der Waals surface area contributed by atoms with Gasteiger partial charge in [-0.1, -0.05) is 18.3 Å². The van der Waals surface area contributed by atoms with E-state index in [1.807, 2.05) is 0 Å². The summed E-state index contributed by atoms with van der Waals surface area (Å²) in [6.07, 6.45) is 0. The zero-order chi connectivity index (χ0) is 14.0. The van der Waals surface area contributed by atoms with Crippen molar-refractivity contribution in [1.29, 1.82) is 0 Å². The van der Waals surface area contributed by atoms with E-state index in [0.29, 0.717) is 16.9 Å². The van der Waals surface area contributed by atoms with Crippen LogP contribution in [0.1, 0.15) is 5.56 Å². The molecule has 0 spiro atoms. The van der Waals surface area contributed by atoms with Gasteiger partial charge in [-0.2, -0.15) is 0 Å². The Kier molecular flexibility index (Phi) is 4.11. The fourth-order valence-electron chi connectivity index (χ4n) is 1.61. The van der Waals surface area contributed by atoms with Crippen LogP contribution in [0.3, 0.4) is 0 Å². The third kappa shape index (κ3) is 3.08. The Morgan fingerprint density at radius 2 is 1.89 bits per heavy atom. The van der Waals surface area contributed by atoms with Crippen molar-refractivity contribution in [3.63, 3.8) is 0 Å². The molecule has 2 aromatic rings. The molecule has 3 N–H and O–H groups in total. The van der Waals surface area contributed by atoms with E-state index in [9.17, 15) is 8.78 Å². The molecule has 0 radical (unpaired) electrons. The largest absolute Gasteiger partial charge is 0.389 e. The van der Waals surface area contributed by atoms with Crippen LogP contribution in [0.5, 0.6) is 0 Å². The number of thiocarbonyl (C=S) groups is 1. The van der Waals surface area contributed by atoms with Crippen molar-refractivity contribution in [2.24, 2.45) is 5.73 Å². The van der Waals surface area contributed by atoms with Crippen molar-refractivity contribution in [2.75, 3.05) is 5.32 Å². The number of nitrogens with two attached hydrogens (primary N) is 1. The second-order valence-corrected chi connectivity index (χ2v) is 5.07. The number of nitrogens with one attached hydrogen (secondary N) is 1. The highest BCUT2D eigenvalue weighted by Crippen LogP contribution is 2.28. The van der Waals surface area contributed by atoms with Gasteiger partial charge in [0.05, 0.1) is 0 Å². The number of rotatable bonds is 3. The zero-order valence-corrected chi connectivity index (χ0v) is 12.0. The van der Waals surface area contributed by atoms with Gasteiger partial charge in [-0.15, -0.1) is 0 Å². The van der Waals surface area contributed by atoms with Crippen LogP contribution in [0.2, 0.25) is 0 Å². The lowest BCUT2D eigenvalue weighted by molar-refractivity contribution is 0.509. The molecule has 0 unspecified atom stereocenters. The SMILES string of the molecule is NC(=S)c1c(Br)cccc1Nc1ccc(F)c(F)c1. The van der Waals surface area contributed by atoms with Gasteiger partial charge < -0.3 is 11.1 Å². The molecule has 0 saturated heterocycles. The van der Waals surface area contributed by atoms with Gasteiger partial charge in [-0.3, -0.25) is 0 Å². The predicted molar refractivity (Wildman–Crippen MR) is 79.7 cm³/mol. The van der Waals surface area contributed by atoms with Gasteiger partial charge in [0.1, 0.15) is 4.99 Å². The summed E-state index contributed by atoms with van der Waals surface area (Å²) < 4.78 is 26.7. The molecule has 0 aliphatic heterocycles. The number of halogens is 3. The van der Waals surface area contributed by atoms with Gasteiger partial charge in [0.15, 0.2) is 11.6 Å². The van der Waals surface area contributed by atoms with Gasteiger partial charge in [0.2, 0.25) is 0 Å². The lowest BCUT2D eigenvalue weighted by Crippen LogP contribution is -2.12. The predicted octanol–water partition coefficient (Wildman–Crippen LogP) is 4.11. The summed E-state index contributed by atoms with van der Waals surface area (Å²) in [6, 6.07) is 8.89. The molecular formula is C13H9BrF2N2S. The Morgan fingerprint density at radius 3 is 2.53 bits per heavy atom. The van der Waals surface area contributed by atoms with Gasteiger partial charge >= 0.3 is 0 Å². The highest BCUT2D eigenvalue weighted by molar-refractivity contribution is 9.10. The van der Waals surface area contributed by atoms with Crippen LogP contribution in [0.25, 0.3) is 0 Å². The number of hydrogen-bond acceptors (Lipinski definition) is 2. The van der Waals surface area contributed by atoms with Crippen molar-refractivity contribution in [1.82, 2.24) is 0 Å². The fraction of sp³-hybridized carbons (Fsp3) is 0. The van der Waals surface area contributed by atoms with Gasteiger partial charge in [0.25, 0.3) is 0 Å². The Labute approximate surface area is 122 Å². The molecule has 0 bridgehead atoms. The Hall–Kier alpha value is -1.53. The molecular weight excluding hydrogens is 334 g/mol. The fourth-order valence-corrected chi connectivity index (χ4v) is 2.54. The smallest absolute Gasteiger partial charge is 0.160 e. The zero-order valence-electron chi connectivity index (χ0n) is 9.58. The van der Waals surface area contributed by atoms with E-state index >= 15 is 0 Å². The lowest BCUT2D eigenvalue weighted by atomic mass is 10.1. The standard InChI is InChI=1S/C13H9BrF2N2S/c14-8-2-1-3-11(12(8)13(17)19)18-7-4-5-9(15)10(16)6-7/h1-6,18H,(H2,17,19). The van der Waals surface area contributed by atoms with Crippen LogP contribution < -0.4 is 11.1 Å². The van der Waals surface area contributed by atoms with Crippen LogP contribution in [0, 0.1) is 11.6 Å². The molecule has 2 rings (SSSR count). The topological polar surface area (TPSA) is 38.0 Å². The summed E-state index contributed by atoms with van der Waals surface area (Å²) in [5, 5.41) is 2.96. The molecule has 0 fully saturated rings. The molecule has 0 amide bonds. The first-order valence-corrected chi connectivity index (χ1v) is 6.49. The first-order valence-electron chi connectivity index (χ1n) is 5.29. The van der Waals surface area contributed by atoms with Gasteiger partial charge in [-0.25, -0.2) is 8.78 Å². The molecule has 0 atom stereocenters. The van der Waals surface area contributed by atoms with Crippen LogP contribution in [0.4, 0.5) is 20.2 Å². The Balaban J connectivity index is 2.40. The summed E-state index contributed by atoms with van der Waals surface area (Å²) in [7, 11) is 0. The first-order chi connectivity index (χ1) is 8.99. The molecule has 0 aliphatic rings. The number of anilines is 2. The van der Waals surface area contributed by atoms with Crippen LogP contribution >= 0.6 is 28.1 Å². The average molecular weight is 343 g/mol. The maximum atomic E-state index is 13.1. The summed E-state index contributed by atoms with van der Waals surface area (Å²) >= 11 is 8.32. The van der Waals surface area contributed by atoms with Crippen molar-refractivity contribution >= 4 is 44.5 Å². The molecule has 2 nitrogen and oxygen atoms in total. The summed E-state index contributed by atoms with van der Waals surface area (Å²) in [6.45, 7) is 0. The molecule has 0 aromatic heterocycles. The molecule has 0 aliphatic carbocycles. The van der Waals surface area contributed by atoms with E-state index in [2.05, 4.69) is 21.2 Å². The van der Waals surface area contributed by atoms with E-state index < -0.39 is 11.6 Å². The van der Waals surface area contributed by atoms with E-state index in [1.165, 1.54) is 6.07 Å². The summed E-state index contributed by atoms with van der Waals surface area (Å²) in [5.41, 5.74) is 7.29. The second-order valence-electron chi connectivity index (χ2n) is 3.78. The average Bonchev–Trinajstić information content (AvgIpc) is 2.33. The van der Waals surface area contributed by atoms with Crippen LogP contribution in [-0.4, -0.2) is 4.99 Å². The minimum absolute atomic E-state index is 0.206. The van der Waals surface area contributed by atoms with Crippen LogP contribution in [-0.2, 0) is 0 Å². The normalized spacial score (nSPS) is 10.3. The van der Waals surface area contributed by atoms with E-state index in [0.717, 1.165) is 16.6 Å². The minimum atomic E-state index is -0.920. The molecule has 98 valence electrons.